The molecule has 0 spiro atoms. The molecular formula is C15H29N3O3S. The SMILES string of the molecule is CC(C)(N)CNS(=O)(=O)C1CCCN(C(=O)C2CCCC2)C1. The fourth-order valence-electron chi connectivity index (χ4n) is 3.23. The summed E-state index contributed by atoms with van der Waals surface area (Å²) in [5, 5.41) is -0.519. The molecule has 0 aromatic carbocycles. The van der Waals surface area contributed by atoms with Gasteiger partial charge < -0.3 is 10.6 Å². The molecule has 1 saturated carbocycles. The summed E-state index contributed by atoms with van der Waals surface area (Å²) < 4.78 is 27.4. The molecule has 0 bridgehead atoms. The number of nitrogens with one attached hydrogen (secondary N) is 1. The van der Waals surface area contributed by atoms with E-state index in [-0.39, 0.29) is 18.4 Å². The number of sulfonamides is 1. The second-order valence-corrected chi connectivity index (χ2v) is 9.43. The van der Waals surface area contributed by atoms with Gasteiger partial charge in [0.25, 0.3) is 0 Å². The third-order valence-corrected chi connectivity index (χ3v) is 6.37. The summed E-state index contributed by atoms with van der Waals surface area (Å²) in [5.74, 6) is 0.258. The standard InChI is InChI=1S/C15H29N3O3S/c1-15(2,16)11-17-22(20,21)13-8-5-9-18(10-13)14(19)12-6-3-4-7-12/h12-13,17H,3-11,16H2,1-2H3. The van der Waals surface area contributed by atoms with Gasteiger partial charge in [0.05, 0.1) is 5.25 Å². The van der Waals surface area contributed by atoms with E-state index < -0.39 is 20.8 Å². The molecule has 2 rings (SSSR count). The van der Waals surface area contributed by atoms with E-state index in [0.29, 0.717) is 19.5 Å². The van der Waals surface area contributed by atoms with Gasteiger partial charge in [0.15, 0.2) is 0 Å². The van der Waals surface area contributed by atoms with Gasteiger partial charge in [-0.1, -0.05) is 12.8 Å². The molecule has 1 amide bonds. The molecule has 1 heterocycles. The molecular weight excluding hydrogens is 302 g/mol. The molecule has 22 heavy (non-hydrogen) atoms. The number of piperidine rings is 1. The third-order valence-electron chi connectivity index (χ3n) is 4.56. The van der Waals surface area contributed by atoms with Gasteiger partial charge in [-0.25, -0.2) is 13.1 Å². The number of likely N-dealkylation sites (tertiary alicyclic amines) is 1. The van der Waals surface area contributed by atoms with Gasteiger partial charge in [-0.05, 0) is 39.5 Å². The van der Waals surface area contributed by atoms with Crippen LogP contribution in [-0.2, 0) is 14.8 Å². The van der Waals surface area contributed by atoms with Crippen LogP contribution in [0, 0.1) is 5.92 Å². The van der Waals surface area contributed by atoms with E-state index in [2.05, 4.69) is 4.72 Å². The van der Waals surface area contributed by atoms with Crippen LogP contribution < -0.4 is 10.5 Å². The summed E-state index contributed by atoms with van der Waals surface area (Å²) in [7, 11) is -3.43. The predicted molar refractivity (Wildman–Crippen MR) is 86.7 cm³/mol. The van der Waals surface area contributed by atoms with Crippen LogP contribution in [0.15, 0.2) is 0 Å². The molecule has 1 aliphatic heterocycles. The normalized spacial score (nSPS) is 24.7. The lowest BCUT2D eigenvalue weighted by molar-refractivity contribution is -0.136. The molecule has 0 radical (unpaired) electrons. The first-order chi connectivity index (χ1) is 10.2. The van der Waals surface area contributed by atoms with Crippen LogP contribution in [-0.4, -0.2) is 49.6 Å². The number of hydrogen-bond acceptors (Lipinski definition) is 4. The number of hydrogen-bond donors (Lipinski definition) is 2. The van der Waals surface area contributed by atoms with E-state index >= 15 is 0 Å². The van der Waals surface area contributed by atoms with Crippen LogP contribution >= 0.6 is 0 Å². The third kappa shape index (κ3) is 4.67. The first-order valence-electron chi connectivity index (χ1n) is 8.25. The molecule has 3 N–H and O–H groups in total. The lowest BCUT2D eigenvalue weighted by Crippen LogP contribution is -2.52. The number of carbonyl (C=O) groups excluding carboxylic acids is 1. The summed E-state index contributed by atoms with van der Waals surface area (Å²) in [4.78, 5) is 14.2. The van der Waals surface area contributed by atoms with Crippen LogP contribution in [0.5, 0.6) is 0 Å². The average Bonchev–Trinajstić information content (AvgIpc) is 2.98. The Bertz CT molecular complexity index is 493. The second kappa shape index (κ2) is 6.84. The van der Waals surface area contributed by atoms with E-state index in [1.165, 1.54) is 0 Å². The van der Waals surface area contributed by atoms with E-state index in [0.717, 1.165) is 32.1 Å². The van der Waals surface area contributed by atoms with Gasteiger partial charge >= 0.3 is 0 Å². The maximum absolute atomic E-state index is 12.5. The number of carbonyl (C=O) groups is 1. The molecule has 1 atom stereocenters. The monoisotopic (exact) mass is 331 g/mol. The van der Waals surface area contributed by atoms with Crippen molar-refractivity contribution in [1.29, 1.82) is 0 Å². The van der Waals surface area contributed by atoms with Crippen LogP contribution in [0.2, 0.25) is 0 Å². The number of amides is 1. The van der Waals surface area contributed by atoms with Crippen molar-refractivity contribution in [2.45, 2.75) is 63.2 Å². The molecule has 1 aliphatic carbocycles. The highest BCUT2D eigenvalue weighted by Crippen LogP contribution is 2.28. The van der Waals surface area contributed by atoms with Crippen LogP contribution in [0.25, 0.3) is 0 Å². The second-order valence-electron chi connectivity index (χ2n) is 7.38. The van der Waals surface area contributed by atoms with E-state index in [9.17, 15) is 13.2 Å². The Morgan fingerprint density at radius 2 is 1.86 bits per heavy atom. The summed E-state index contributed by atoms with van der Waals surface area (Å²) >= 11 is 0. The average molecular weight is 331 g/mol. The molecule has 2 fully saturated rings. The van der Waals surface area contributed by atoms with E-state index in [4.69, 9.17) is 5.73 Å². The number of rotatable bonds is 5. The fraction of sp³-hybridized carbons (Fsp3) is 0.933. The molecule has 0 aromatic rings. The molecule has 6 nitrogen and oxygen atoms in total. The van der Waals surface area contributed by atoms with Crippen molar-refractivity contribution in [2.24, 2.45) is 11.7 Å². The van der Waals surface area contributed by atoms with Gasteiger partial charge in [0.2, 0.25) is 15.9 Å². The van der Waals surface area contributed by atoms with Crippen molar-refractivity contribution in [3.63, 3.8) is 0 Å². The van der Waals surface area contributed by atoms with Crippen molar-refractivity contribution in [3.8, 4) is 0 Å². The zero-order chi connectivity index (χ0) is 16.4. The maximum atomic E-state index is 12.5. The first kappa shape index (κ1) is 17.7. The molecule has 7 heteroatoms. The molecule has 2 aliphatic rings. The van der Waals surface area contributed by atoms with Gasteiger partial charge in [-0.3, -0.25) is 4.79 Å². The van der Waals surface area contributed by atoms with E-state index in [1.54, 1.807) is 18.7 Å². The smallest absolute Gasteiger partial charge is 0.225 e. The van der Waals surface area contributed by atoms with Crippen molar-refractivity contribution in [1.82, 2.24) is 9.62 Å². The Kier molecular flexibility index (Phi) is 5.50. The zero-order valence-corrected chi connectivity index (χ0v) is 14.5. The Morgan fingerprint density at radius 3 is 2.45 bits per heavy atom. The van der Waals surface area contributed by atoms with Crippen LogP contribution in [0.1, 0.15) is 52.4 Å². The Labute approximate surface area is 133 Å². The predicted octanol–water partition coefficient (Wildman–Crippen LogP) is 0.824. The van der Waals surface area contributed by atoms with Gasteiger partial charge in [-0.15, -0.1) is 0 Å². The van der Waals surface area contributed by atoms with Crippen molar-refractivity contribution < 1.29 is 13.2 Å². The summed E-state index contributed by atoms with van der Waals surface area (Å²) in [6, 6.07) is 0. The van der Waals surface area contributed by atoms with Gasteiger partial charge in [-0.2, -0.15) is 0 Å². The lowest BCUT2D eigenvalue weighted by atomic mass is 10.0. The highest BCUT2D eigenvalue weighted by Gasteiger charge is 2.35. The minimum absolute atomic E-state index is 0.109. The highest BCUT2D eigenvalue weighted by atomic mass is 32.2. The van der Waals surface area contributed by atoms with Crippen molar-refractivity contribution in [2.75, 3.05) is 19.6 Å². The molecule has 1 unspecified atom stereocenters. The Hall–Kier alpha value is -0.660. The zero-order valence-electron chi connectivity index (χ0n) is 13.7. The van der Waals surface area contributed by atoms with Gasteiger partial charge in [0, 0.05) is 31.1 Å². The lowest BCUT2D eigenvalue weighted by Gasteiger charge is -2.34. The quantitative estimate of drug-likeness (QED) is 0.780. The summed E-state index contributed by atoms with van der Waals surface area (Å²) in [5.41, 5.74) is 5.26. The number of nitrogens with zero attached hydrogens (tertiary/aromatic N) is 1. The Morgan fingerprint density at radius 1 is 1.23 bits per heavy atom. The molecule has 1 saturated heterocycles. The highest BCUT2D eigenvalue weighted by molar-refractivity contribution is 7.90. The summed E-state index contributed by atoms with van der Waals surface area (Å²) in [6.45, 7) is 4.78. The Balaban J connectivity index is 1.95. The minimum Gasteiger partial charge on any atom is -0.341 e. The van der Waals surface area contributed by atoms with Crippen LogP contribution in [0.4, 0.5) is 0 Å². The molecule has 128 valence electrons. The van der Waals surface area contributed by atoms with Crippen LogP contribution in [0.3, 0.4) is 0 Å². The van der Waals surface area contributed by atoms with Crippen molar-refractivity contribution >= 4 is 15.9 Å². The minimum atomic E-state index is -3.43. The largest absolute Gasteiger partial charge is 0.341 e. The van der Waals surface area contributed by atoms with E-state index in [1.807, 2.05) is 0 Å². The summed E-state index contributed by atoms with van der Waals surface area (Å²) in [6.07, 6.45) is 5.47. The molecule has 0 aromatic heterocycles. The van der Waals surface area contributed by atoms with Gasteiger partial charge in [0.1, 0.15) is 0 Å². The number of nitrogens with two attached hydrogens (primary N) is 1. The van der Waals surface area contributed by atoms with Crippen molar-refractivity contribution in [3.05, 3.63) is 0 Å². The maximum Gasteiger partial charge on any atom is 0.225 e. The first-order valence-corrected chi connectivity index (χ1v) is 9.80. The fourth-order valence-corrected chi connectivity index (χ4v) is 4.89. The topological polar surface area (TPSA) is 92.5 Å².